The normalized spacial score (nSPS) is 14.7. The van der Waals surface area contributed by atoms with Crippen molar-refractivity contribution in [2.24, 2.45) is 5.73 Å². The molecule has 0 spiro atoms. The molecule has 0 radical (unpaired) electrons. The first-order valence-corrected chi connectivity index (χ1v) is 6.52. The van der Waals surface area contributed by atoms with Crippen molar-refractivity contribution in [3.8, 4) is 0 Å². The summed E-state index contributed by atoms with van der Waals surface area (Å²) in [6.07, 6.45) is 2.95. The molecule has 0 saturated heterocycles. The van der Waals surface area contributed by atoms with E-state index in [9.17, 15) is 14.4 Å². The summed E-state index contributed by atoms with van der Waals surface area (Å²) in [4.78, 5) is 41.2. The van der Waals surface area contributed by atoms with Crippen molar-refractivity contribution in [2.45, 2.75) is 31.5 Å². The molecule has 22 heavy (non-hydrogen) atoms. The van der Waals surface area contributed by atoms with Crippen LogP contribution in [0.4, 0.5) is 0 Å². The van der Waals surface area contributed by atoms with E-state index in [0.29, 0.717) is 5.69 Å². The van der Waals surface area contributed by atoms with Crippen molar-refractivity contribution < 1.29 is 24.6 Å². The van der Waals surface area contributed by atoms with Crippen molar-refractivity contribution in [3.63, 3.8) is 0 Å². The third-order valence-corrected chi connectivity index (χ3v) is 2.82. The Bertz CT molecular complexity index is 516. The maximum Gasteiger partial charge on any atom is 0.328 e. The van der Waals surface area contributed by atoms with E-state index >= 15 is 0 Å². The SMILES string of the molecule is C[C@H](N)C(=O)N[C@@H](Cc1cnc[nH]1)C(=O)N[C@@H](CO)C(=O)O. The van der Waals surface area contributed by atoms with Gasteiger partial charge in [-0.15, -0.1) is 0 Å². The Balaban J connectivity index is 2.81. The Kier molecular flexibility index (Phi) is 6.47. The second-order valence-corrected chi connectivity index (χ2v) is 4.71. The van der Waals surface area contributed by atoms with E-state index in [1.807, 2.05) is 0 Å². The number of rotatable bonds is 8. The lowest BCUT2D eigenvalue weighted by Crippen LogP contribution is -2.55. The summed E-state index contributed by atoms with van der Waals surface area (Å²) >= 11 is 0. The van der Waals surface area contributed by atoms with Crippen LogP contribution in [0.2, 0.25) is 0 Å². The highest BCUT2D eigenvalue weighted by Gasteiger charge is 2.27. The molecule has 1 aromatic heterocycles. The number of aliphatic hydroxyl groups is 1. The smallest absolute Gasteiger partial charge is 0.328 e. The summed E-state index contributed by atoms with van der Waals surface area (Å²) in [5.74, 6) is -2.68. The molecule has 0 fully saturated rings. The number of carboxylic acids is 1. The maximum absolute atomic E-state index is 12.1. The first kappa shape index (κ1) is 17.6. The number of aromatic amines is 1. The Labute approximate surface area is 126 Å². The number of amides is 2. The van der Waals surface area contributed by atoms with Gasteiger partial charge in [0.05, 0.1) is 19.0 Å². The molecule has 7 N–H and O–H groups in total. The van der Waals surface area contributed by atoms with Gasteiger partial charge in [-0.25, -0.2) is 9.78 Å². The van der Waals surface area contributed by atoms with Gasteiger partial charge in [0.25, 0.3) is 0 Å². The molecule has 0 bridgehead atoms. The number of carbonyl (C=O) groups is 3. The second kappa shape index (κ2) is 8.10. The Morgan fingerprint density at radius 1 is 1.32 bits per heavy atom. The molecule has 0 aliphatic rings. The Morgan fingerprint density at radius 2 is 1.95 bits per heavy atom. The number of hydrogen-bond acceptors (Lipinski definition) is 6. The van der Waals surface area contributed by atoms with Gasteiger partial charge in [0.1, 0.15) is 12.1 Å². The average molecular weight is 313 g/mol. The highest BCUT2D eigenvalue weighted by molar-refractivity contribution is 5.91. The predicted octanol–water partition coefficient (Wildman–Crippen LogP) is -2.65. The van der Waals surface area contributed by atoms with Crippen LogP contribution in [0.25, 0.3) is 0 Å². The van der Waals surface area contributed by atoms with E-state index < -0.39 is 42.5 Å². The molecule has 1 rings (SSSR count). The minimum atomic E-state index is -1.45. The molecule has 3 atom stereocenters. The summed E-state index contributed by atoms with van der Waals surface area (Å²) in [6, 6.07) is -3.33. The van der Waals surface area contributed by atoms with Crippen LogP contribution in [0.15, 0.2) is 12.5 Å². The van der Waals surface area contributed by atoms with Gasteiger partial charge >= 0.3 is 5.97 Å². The number of nitrogens with zero attached hydrogens (tertiary/aromatic N) is 1. The molecule has 122 valence electrons. The number of aromatic nitrogens is 2. The highest BCUT2D eigenvalue weighted by atomic mass is 16.4. The zero-order valence-corrected chi connectivity index (χ0v) is 11.9. The van der Waals surface area contributed by atoms with Crippen LogP contribution in [0.1, 0.15) is 12.6 Å². The summed E-state index contributed by atoms with van der Waals surface area (Å²) in [5, 5.41) is 22.3. The third-order valence-electron chi connectivity index (χ3n) is 2.82. The minimum absolute atomic E-state index is 0.0715. The number of hydrogen-bond donors (Lipinski definition) is 6. The first-order chi connectivity index (χ1) is 10.3. The van der Waals surface area contributed by atoms with Crippen molar-refractivity contribution in [1.82, 2.24) is 20.6 Å². The fourth-order valence-electron chi connectivity index (χ4n) is 1.59. The van der Waals surface area contributed by atoms with Crippen molar-refractivity contribution in [1.29, 1.82) is 0 Å². The second-order valence-electron chi connectivity index (χ2n) is 4.71. The number of carbonyl (C=O) groups excluding carboxylic acids is 2. The average Bonchev–Trinajstić information content (AvgIpc) is 2.96. The Morgan fingerprint density at radius 3 is 2.41 bits per heavy atom. The van der Waals surface area contributed by atoms with E-state index in [2.05, 4.69) is 20.6 Å². The third kappa shape index (κ3) is 5.14. The van der Waals surface area contributed by atoms with Crippen molar-refractivity contribution in [3.05, 3.63) is 18.2 Å². The minimum Gasteiger partial charge on any atom is -0.480 e. The highest BCUT2D eigenvalue weighted by Crippen LogP contribution is 2.00. The number of aliphatic hydroxyl groups excluding tert-OH is 1. The number of nitrogens with two attached hydrogens (primary N) is 1. The van der Waals surface area contributed by atoms with Crippen molar-refractivity contribution >= 4 is 17.8 Å². The van der Waals surface area contributed by atoms with Crippen LogP contribution in [0.3, 0.4) is 0 Å². The molecule has 1 heterocycles. The van der Waals surface area contributed by atoms with Gasteiger partial charge in [0, 0.05) is 18.3 Å². The van der Waals surface area contributed by atoms with Gasteiger partial charge in [-0.2, -0.15) is 0 Å². The zero-order valence-electron chi connectivity index (χ0n) is 11.9. The van der Waals surface area contributed by atoms with Crippen LogP contribution in [0.5, 0.6) is 0 Å². The summed E-state index contributed by atoms with van der Waals surface area (Å²) < 4.78 is 0. The van der Waals surface area contributed by atoms with E-state index in [-0.39, 0.29) is 6.42 Å². The monoisotopic (exact) mass is 313 g/mol. The lowest BCUT2D eigenvalue weighted by Gasteiger charge is -2.21. The predicted molar refractivity (Wildman–Crippen MR) is 74.5 cm³/mol. The van der Waals surface area contributed by atoms with Crippen LogP contribution in [-0.4, -0.2) is 62.7 Å². The zero-order chi connectivity index (χ0) is 16.7. The van der Waals surface area contributed by atoms with Gasteiger partial charge in [0.15, 0.2) is 0 Å². The number of imidazole rings is 1. The summed E-state index contributed by atoms with van der Waals surface area (Å²) in [7, 11) is 0. The van der Waals surface area contributed by atoms with E-state index in [4.69, 9.17) is 15.9 Å². The largest absolute Gasteiger partial charge is 0.480 e. The molecule has 10 heteroatoms. The van der Waals surface area contributed by atoms with Gasteiger partial charge in [0.2, 0.25) is 11.8 Å². The molecule has 0 aliphatic heterocycles. The maximum atomic E-state index is 12.1. The quantitative estimate of drug-likeness (QED) is 0.304. The molecule has 0 aliphatic carbocycles. The topological polar surface area (TPSA) is 170 Å². The number of nitrogens with one attached hydrogen (secondary N) is 3. The number of aliphatic carboxylic acids is 1. The van der Waals surface area contributed by atoms with E-state index in [0.717, 1.165) is 0 Å². The van der Waals surface area contributed by atoms with Crippen LogP contribution >= 0.6 is 0 Å². The van der Waals surface area contributed by atoms with Gasteiger partial charge in [-0.1, -0.05) is 0 Å². The van der Waals surface area contributed by atoms with Crippen molar-refractivity contribution in [2.75, 3.05) is 6.61 Å². The summed E-state index contributed by atoms with van der Waals surface area (Å²) in [5.41, 5.74) is 6.01. The van der Waals surface area contributed by atoms with E-state index in [1.165, 1.54) is 19.4 Å². The molecular formula is C12H19N5O5. The summed E-state index contributed by atoms with van der Waals surface area (Å²) in [6.45, 7) is 0.688. The van der Waals surface area contributed by atoms with Crippen LogP contribution < -0.4 is 16.4 Å². The van der Waals surface area contributed by atoms with Gasteiger partial charge in [-0.05, 0) is 6.92 Å². The van der Waals surface area contributed by atoms with Crippen LogP contribution in [-0.2, 0) is 20.8 Å². The van der Waals surface area contributed by atoms with Gasteiger partial charge < -0.3 is 31.6 Å². The number of H-pyrrole nitrogens is 1. The Hall–Kier alpha value is -2.46. The van der Waals surface area contributed by atoms with Crippen LogP contribution in [0, 0.1) is 0 Å². The molecule has 10 nitrogen and oxygen atoms in total. The first-order valence-electron chi connectivity index (χ1n) is 6.52. The standard InChI is InChI=1S/C12H19N5O5/c1-6(13)10(19)16-8(2-7-3-14-5-15-7)11(20)17-9(4-18)12(21)22/h3,5-6,8-9,18H,2,4,13H2,1H3,(H,14,15)(H,16,19)(H,17,20)(H,21,22)/t6-,8-,9-/m0/s1. The molecule has 1 aromatic rings. The molecule has 2 amide bonds. The molecule has 0 saturated carbocycles. The lowest BCUT2D eigenvalue weighted by molar-refractivity contribution is -0.143. The van der Waals surface area contributed by atoms with Gasteiger partial charge in [-0.3, -0.25) is 9.59 Å². The lowest BCUT2D eigenvalue weighted by atomic mass is 10.1. The molecular weight excluding hydrogens is 294 g/mol. The fraction of sp³-hybridized carbons (Fsp3) is 0.500. The molecule has 0 unspecified atom stereocenters. The molecule has 0 aromatic carbocycles. The number of carboxylic acid groups (broad SMARTS) is 1. The fourth-order valence-corrected chi connectivity index (χ4v) is 1.59. The van der Waals surface area contributed by atoms with E-state index in [1.54, 1.807) is 0 Å².